The summed E-state index contributed by atoms with van der Waals surface area (Å²) in [4.78, 5) is 23.8. The molecule has 1 saturated heterocycles. The maximum atomic E-state index is 11.8. The Kier molecular flexibility index (Phi) is 5.34. The average Bonchev–Trinajstić information content (AvgIpc) is 3.30. The Labute approximate surface area is 204 Å². The lowest BCUT2D eigenvalue weighted by atomic mass is 9.96. The van der Waals surface area contributed by atoms with Gasteiger partial charge < -0.3 is 20.5 Å². The van der Waals surface area contributed by atoms with Crippen molar-refractivity contribution in [1.82, 2.24) is 24.8 Å². The number of carbonyl (C=O) groups excluding carboxylic acids is 1. The topological polar surface area (TPSA) is 89.1 Å². The second-order valence-corrected chi connectivity index (χ2v) is 9.28. The van der Waals surface area contributed by atoms with Gasteiger partial charge in [0, 0.05) is 54.8 Å². The summed E-state index contributed by atoms with van der Waals surface area (Å²) in [5, 5.41) is 4.31. The molecule has 0 saturated carbocycles. The molecule has 4 aromatic rings. The number of nitrogens with zero attached hydrogens (tertiary/aromatic N) is 4. The van der Waals surface area contributed by atoms with E-state index in [0.717, 1.165) is 70.9 Å². The Hall–Kier alpha value is -3.97. The third-order valence-corrected chi connectivity index (χ3v) is 7.11. The standard InChI is InChI=1S/C28H28N6O/c1-18(35)33-14-11-21(12-15-33)28-32-25(26-27(29)30-13-16-34(26)28)22-8-7-20-9-10-23(31-24(20)17-22)19-5-3-2-4-6-19/h2-10,13,16-17,21,27,30H,11-12,14-15,29H2,1H3. The van der Waals surface area contributed by atoms with Crippen LogP contribution < -0.4 is 11.1 Å². The van der Waals surface area contributed by atoms with Crippen LogP contribution in [0.1, 0.15) is 43.4 Å². The molecular weight excluding hydrogens is 436 g/mol. The number of nitrogens with two attached hydrogens (primary N) is 1. The van der Waals surface area contributed by atoms with Gasteiger partial charge in [0.15, 0.2) is 0 Å². The molecule has 2 aromatic carbocycles. The van der Waals surface area contributed by atoms with Crippen molar-refractivity contribution in [3.05, 3.63) is 78.4 Å². The highest BCUT2D eigenvalue weighted by Crippen LogP contribution is 2.36. The highest BCUT2D eigenvalue weighted by Gasteiger charge is 2.30. The largest absolute Gasteiger partial charge is 0.370 e. The van der Waals surface area contributed by atoms with E-state index in [9.17, 15) is 4.79 Å². The van der Waals surface area contributed by atoms with Gasteiger partial charge in [0.05, 0.1) is 22.6 Å². The lowest BCUT2D eigenvalue weighted by molar-refractivity contribution is -0.129. The fourth-order valence-corrected chi connectivity index (χ4v) is 5.20. The van der Waals surface area contributed by atoms with Crippen LogP contribution in [0.15, 0.2) is 66.9 Å². The van der Waals surface area contributed by atoms with Crippen molar-refractivity contribution >= 4 is 23.0 Å². The molecule has 2 aliphatic rings. The number of aromatic nitrogens is 3. The van der Waals surface area contributed by atoms with E-state index in [1.165, 1.54) is 0 Å². The quantitative estimate of drug-likeness (QED) is 0.467. The van der Waals surface area contributed by atoms with Crippen LogP contribution in [0.2, 0.25) is 0 Å². The minimum Gasteiger partial charge on any atom is -0.370 e. The van der Waals surface area contributed by atoms with E-state index < -0.39 is 0 Å². The summed E-state index contributed by atoms with van der Waals surface area (Å²) in [6.45, 7) is 3.15. The van der Waals surface area contributed by atoms with Crippen molar-refractivity contribution in [1.29, 1.82) is 0 Å². The van der Waals surface area contributed by atoms with Gasteiger partial charge in [-0.3, -0.25) is 4.79 Å². The van der Waals surface area contributed by atoms with Gasteiger partial charge in [0.1, 0.15) is 12.0 Å². The molecular formula is C28H28N6O. The fraction of sp³-hybridized carbons (Fsp3) is 0.250. The van der Waals surface area contributed by atoms with Crippen LogP contribution in [0.3, 0.4) is 0 Å². The summed E-state index contributed by atoms with van der Waals surface area (Å²) >= 11 is 0. The number of hydrogen-bond donors (Lipinski definition) is 2. The Morgan fingerprint density at radius 3 is 2.54 bits per heavy atom. The molecule has 0 spiro atoms. The van der Waals surface area contributed by atoms with E-state index in [-0.39, 0.29) is 18.0 Å². The molecule has 0 aliphatic carbocycles. The van der Waals surface area contributed by atoms with Crippen LogP contribution >= 0.6 is 0 Å². The van der Waals surface area contributed by atoms with Crippen LogP contribution in [0, 0.1) is 0 Å². The van der Waals surface area contributed by atoms with Gasteiger partial charge in [0.25, 0.3) is 0 Å². The number of fused-ring (bicyclic) bond motifs is 2. The minimum absolute atomic E-state index is 0.138. The summed E-state index contributed by atoms with van der Waals surface area (Å²) in [7, 11) is 0. The second kappa shape index (κ2) is 8.67. The second-order valence-electron chi connectivity index (χ2n) is 9.28. The van der Waals surface area contributed by atoms with Gasteiger partial charge in [-0.15, -0.1) is 0 Å². The lowest BCUT2D eigenvalue weighted by Gasteiger charge is -2.31. The van der Waals surface area contributed by atoms with Crippen molar-refractivity contribution in [3.8, 4) is 22.5 Å². The molecule has 6 rings (SSSR count). The van der Waals surface area contributed by atoms with Crippen molar-refractivity contribution in [3.63, 3.8) is 0 Å². The van der Waals surface area contributed by atoms with E-state index >= 15 is 0 Å². The minimum atomic E-state index is -0.354. The summed E-state index contributed by atoms with van der Waals surface area (Å²) < 4.78 is 2.14. The first-order valence-electron chi connectivity index (χ1n) is 12.1. The van der Waals surface area contributed by atoms with E-state index in [1.54, 1.807) is 6.92 Å². The number of rotatable bonds is 3. The zero-order valence-electron chi connectivity index (χ0n) is 19.7. The average molecular weight is 465 g/mol. The summed E-state index contributed by atoms with van der Waals surface area (Å²) in [6, 6.07) is 20.7. The van der Waals surface area contributed by atoms with Crippen LogP contribution in [-0.2, 0) is 4.79 Å². The molecule has 7 nitrogen and oxygen atoms in total. The highest BCUT2D eigenvalue weighted by molar-refractivity contribution is 5.86. The van der Waals surface area contributed by atoms with E-state index in [0.29, 0.717) is 0 Å². The van der Waals surface area contributed by atoms with Crippen molar-refractivity contribution in [2.75, 3.05) is 13.1 Å². The number of pyridine rings is 1. The van der Waals surface area contributed by atoms with Gasteiger partial charge in [-0.1, -0.05) is 48.5 Å². The molecule has 0 radical (unpaired) electrons. The number of carbonyl (C=O) groups is 1. The third-order valence-electron chi connectivity index (χ3n) is 7.11. The van der Waals surface area contributed by atoms with E-state index in [1.807, 2.05) is 35.5 Å². The Balaban J connectivity index is 1.42. The molecule has 1 amide bonds. The van der Waals surface area contributed by atoms with Gasteiger partial charge >= 0.3 is 0 Å². The number of likely N-dealkylation sites (tertiary alicyclic amines) is 1. The molecule has 1 unspecified atom stereocenters. The molecule has 35 heavy (non-hydrogen) atoms. The highest BCUT2D eigenvalue weighted by atomic mass is 16.2. The summed E-state index contributed by atoms with van der Waals surface area (Å²) in [5.74, 6) is 1.42. The van der Waals surface area contributed by atoms with Crippen LogP contribution in [-0.4, -0.2) is 38.4 Å². The van der Waals surface area contributed by atoms with Crippen molar-refractivity contribution in [2.45, 2.75) is 31.8 Å². The number of benzene rings is 2. The zero-order chi connectivity index (χ0) is 23.9. The first-order chi connectivity index (χ1) is 17.1. The number of nitrogens with one attached hydrogen (secondary N) is 1. The molecule has 1 fully saturated rings. The lowest BCUT2D eigenvalue weighted by Crippen LogP contribution is -2.37. The fourth-order valence-electron chi connectivity index (χ4n) is 5.20. The van der Waals surface area contributed by atoms with E-state index in [2.05, 4.69) is 52.3 Å². The first-order valence-corrected chi connectivity index (χ1v) is 12.1. The van der Waals surface area contributed by atoms with Crippen LogP contribution in [0.25, 0.3) is 39.6 Å². The number of imidazole rings is 1. The van der Waals surface area contributed by atoms with Gasteiger partial charge in [0.2, 0.25) is 5.91 Å². The molecule has 2 aliphatic heterocycles. The third kappa shape index (κ3) is 3.88. The van der Waals surface area contributed by atoms with Gasteiger partial charge in [-0.25, -0.2) is 9.97 Å². The predicted molar refractivity (Wildman–Crippen MR) is 138 cm³/mol. The summed E-state index contributed by atoms with van der Waals surface area (Å²) in [6.07, 6.45) is 5.32. The molecule has 176 valence electrons. The van der Waals surface area contributed by atoms with Gasteiger partial charge in [-0.2, -0.15) is 0 Å². The zero-order valence-corrected chi connectivity index (χ0v) is 19.7. The predicted octanol–water partition coefficient (Wildman–Crippen LogP) is 4.48. The Morgan fingerprint density at radius 1 is 1.00 bits per heavy atom. The Morgan fingerprint density at radius 2 is 1.77 bits per heavy atom. The van der Waals surface area contributed by atoms with Crippen LogP contribution in [0.4, 0.5) is 0 Å². The normalized spacial score (nSPS) is 17.9. The number of amides is 1. The molecule has 4 heterocycles. The van der Waals surface area contributed by atoms with Gasteiger partial charge in [-0.05, 0) is 25.0 Å². The summed E-state index contributed by atoms with van der Waals surface area (Å²) in [5.41, 5.74) is 12.3. The van der Waals surface area contributed by atoms with E-state index in [4.69, 9.17) is 15.7 Å². The maximum Gasteiger partial charge on any atom is 0.219 e. The number of hydrogen-bond acceptors (Lipinski definition) is 5. The van der Waals surface area contributed by atoms with Crippen molar-refractivity contribution in [2.24, 2.45) is 5.73 Å². The SMILES string of the molecule is CC(=O)N1CCC(c2nc(-c3ccc4ccc(-c5ccccc5)nc4c3)c3n2C=CNC3N)CC1. The van der Waals surface area contributed by atoms with Crippen molar-refractivity contribution < 1.29 is 4.79 Å². The smallest absolute Gasteiger partial charge is 0.219 e. The van der Waals surface area contributed by atoms with Crippen LogP contribution in [0.5, 0.6) is 0 Å². The number of piperidine rings is 1. The molecule has 7 heteroatoms. The Bertz CT molecular complexity index is 1430. The molecule has 0 bridgehead atoms. The monoisotopic (exact) mass is 464 g/mol. The maximum absolute atomic E-state index is 11.8. The molecule has 2 aromatic heterocycles. The molecule has 3 N–H and O–H groups in total. The first kappa shape index (κ1) is 21.6. The molecule has 1 atom stereocenters.